The van der Waals surface area contributed by atoms with Gasteiger partial charge in [0.1, 0.15) is 29.8 Å². The lowest BCUT2D eigenvalue weighted by Gasteiger charge is -2.35. The first-order valence-corrected chi connectivity index (χ1v) is 18.5. The first kappa shape index (κ1) is 36.0. The average Bonchev–Trinajstić information content (AvgIpc) is 3.97. The van der Waals surface area contributed by atoms with Crippen LogP contribution in [0.5, 0.6) is 0 Å². The fraction of sp³-hybridized carbons (Fsp3) is 0.556. The second-order valence-electron chi connectivity index (χ2n) is 14.3. The Bertz CT molecular complexity index is 1670. The molecule has 2 aliphatic heterocycles. The van der Waals surface area contributed by atoms with Gasteiger partial charge in [0.2, 0.25) is 21.8 Å². The summed E-state index contributed by atoms with van der Waals surface area (Å²) >= 11 is 0. The van der Waals surface area contributed by atoms with E-state index in [0.717, 1.165) is 30.4 Å². The number of carbonyl (C=O) groups is 4. The monoisotopic (exact) mass is 694 g/mol. The minimum Gasteiger partial charge on any atom is -0.450 e. The summed E-state index contributed by atoms with van der Waals surface area (Å²) in [7, 11) is -3.87. The van der Waals surface area contributed by atoms with E-state index in [2.05, 4.69) is 40.0 Å². The Kier molecular flexibility index (Phi) is 10.8. The van der Waals surface area contributed by atoms with E-state index in [4.69, 9.17) is 9.47 Å². The molecule has 12 nitrogen and oxygen atoms in total. The van der Waals surface area contributed by atoms with Crippen molar-refractivity contribution in [3.8, 4) is 12.0 Å². The topological polar surface area (TPSA) is 160 Å². The molecule has 1 aromatic rings. The molecule has 3 N–H and O–H groups in total. The molecule has 2 aliphatic carbocycles. The minimum atomic E-state index is -3.87. The lowest BCUT2D eigenvalue weighted by atomic mass is 9.85. The van der Waals surface area contributed by atoms with Gasteiger partial charge in [-0.05, 0) is 74.0 Å². The number of fused-ring (bicyclic) bond motifs is 4. The first-order chi connectivity index (χ1) is 23.2. The van der Waals surface area contributed by atoms with Crippen molar-refractivity contribution in [1.82, 2.24) is 20.3 Å². The van der Waals surface area contributed by atoms with Gasteiger partial charge in [-0.15, -0.1) is 6.58 Å². The summed E-state index contributed by atoms with van der Waals surface area (Å²) in [5.74, 6) is 0.485. The second-order valence-corrected chi connectivity index (χ2v) is 16.3. The van der Waals surface area contributed by atoms with Crippen molar-refractivity contribution in [2.45, 2.75) is 101 Å². The predicted octanol–water partition coefficient (Wildman–Crippen LogP) is 3.38. The quantitative estimate of drug-likeness (QED) is 0.302. The standard InChI is InChI=1S/C36H46N4O8S/c1-5-26-22-36(26,33(43)39-49(45,46)28-15-16-28)38-31(41)29-21-27-23-40(29)32(42)30(35(2,3)4)37-34(44)48-18-10-8-6-7-9-12-24-13-11-14-25(20-24)17-19-47-27/h5,9,11-14,20,26-30H,1,6-8,10,15-16,18,21-23H2,2-4H3,(H,37,44)(H,38,41)(H,39,43)/b12-9-/t26-,27-,29+,30-,36-/m1/s1. The van der Waals surface area contributed by atoms with Gasteiger partial charge in [0.15, 0.2) is 0 Å². The number of ether oxygens (including phenoxy) is 2. The van der Waals surface area contributed by atoms with Crippen molar-refractivity contribution in [2.75, 3.05) is 13.2 Å². The number of cyclic esters (lactones) is 1. The highest BCUT2D eigenvalue weighted by Crippen LogP contribution is 2.45. The zero-order chi connectivity index (χ0) is 35.4. The molecule has 0 spiro atoms. The van der Waals surface area contributed by atoms with Gasteiger partial charge < -0.3 is 25.0 Å². The van der Waals surface area contributed by atoms with Crippen LogP contribution in [0.2, 0.25) is 0 Å². The molecule has 264 valence electrons. The molecule has 4 amide bonds. The number of benzene rings is 1. The van der Waals surface area contributed by atoms with Crippen molar-refractivity contribution in [3.05, 3.63) is 54.1 Å². The maximum atomic E-state index is 14.3. The number of rotatable bonds is 6. The molecule has 5 rings (SSSR count). The van der Waals surface area contributed by atoms with Crippen LogP contribution in [-0.4, -0.2) is 79.3 Å². The van der Waals surface area contributed by atoms with E-state index in [9.17, 15) is 27.6 Å². The SMILES string of the molecule is C=C[C@@H]1C[C@]1(NC(=O)[C@@H]1C[C@@H]2CN1C(=O)[C@H](C(C)(C)C)NC(=O)OCCCCC/C=C\c1cccc(c1)C#CO2)C(=O)NS(=O)(=O)C1CC1. The lowest BCUT2D eigenvalue weighted by molar-refractivity contribution is -0.142. The number of sulfonamides is 1. The van der Waals surface area contributed by atoms with Crippen molar-refractivity contribution >= 4 is 39.9 Å². The molecule has 1 aromatic carbocycles. The molecule has 49 heavy (non-hydrogen) atoms. The van der Waals surface area contributed by atoms with Crippen molar-refractivity contribution in [3.63, 3.8) is 0 Å². The molecule has 1 saturated heterocycles. The summed E-state index contributed by atoms with van der Waals surface area (Å²) in [6, 6.07) is 5.51. The second kappa shape index (κ2) is 14.7. The van der Waals surface area contributed by atoms with E-state index in [1.54, 1.807) is 20.8 Å². The van der Waals surface area contributed by atoms with Crippen molar-refractivity contribution in [2.24, 2.45) is 11.3 Å². The van der Waals surface area contributed by atoms with Crippen LogP contribution in [0, 0.1) is 23.4 Å². The van der Waals surface area contributed by atoms with Crippen molar-refractivity contribution in [1.29, 1.82) is 0 Å². The molecular formula is C36H46N4O8S. The average molecular weight is 695 g/mol. The van der Waals surface area contributed by atoms with Gasteiger partial charge in [-0.2, -0.15) is 0 Å². The normalized spacial score (nSPS) is 28.6. The fourth-order valence-electron chi connectivity index (χ4n) is 6.19. The summed E-state index contributed by atoms with van der Waals surface area (Å²) < 4.78 is 38.6. The maximum absolute atomic E-state index is 14.3. The summed E-state index contributed by atoms with van der Waals surface area (Å²) in [5, 5.41) is 4.85. The van der Waals surface area contributed by atoms with E-state index < -0.39 is 74.1 Å². The molecular weight excluding hydrogens is 648 g/mol. The van der Waals surface area contributed by atoms with Crippen LogP contribution in [0.1, 0.15) is 83.3 Å². The Morgan fingerprint density at radius 2 is 1.94 bits per heavy atom. The van der Waals surface area contributed by atoms with E-state index >= 15 is 0 Å². The fourth-order valence-corrected chi connectivity index (χ4v) is 7.55. The predicted molar refractivity (Wildman–Crippen MR) is 183 cm³/mol. The van der Waals surface area contributed by atoms with E-state index in [1.165, 1.54) is 11.0 Å². The highest BCUT2D eigenvalue weighted by Gasteiger charge is 2.62. The zero-order valence-corrected chi connectivity index (χ0v) is 29.1. The van der Waals surface area contributed by atoms with Crippen molar-refractivity contribution < 1.29 is 37.1 Å². The number of hydrogen-bond donors (Lipinski definition) is 3. The number of alkyl carbamates (subject to hydrolysis) is 1. The third-order valence-electron chi connectivity index (χ3n) is 9.34. The highest BCUT2D eigenvalue weighted by atomic mass is 32.2. The Balaban J connectivity index is 1.41. The zero-order valence-electron chi connectivity index (χ0n) is 28.3. The number of nitrogens with zero attached hydrogens (tertiary/aromatic N) is 1. The van der Waals surface area contributed by atoms with Gasteiger partial charge in [0.25, 0.3) is 5.91 Å². The molecule has 0 unspecified atom stereocenters. The Hall–Kier alpha value is -4.31. The molecule has 2 heterocycles. The number of amides is 4. The minimum absolute atomic E-state index is 0.0160. The van der Waals surface area contributed by atoms with Crippen LogP contribution in [0.3, 0.4) is 0 Å². The molecule has 0 radical (unpaired) electrons. The van der Waals surface area contributed by atoms with E-state index in [0.29, 0.717) is 19.3 Å². The Morgan fingerprint density at radius 1 is 1.16 bits per heavy atom. The van der Waals surface area contributed by atoms with Gasteiger partial charge in [0.05, 0.1) is 18.4 Å². The number of nitrogens with one attached hydrogen (secondary N) is 3. The van der Waals surface area contributed by atoms with Crippen LogP contribution in [-0.2, 0) is 33.9 Å². The largest absolute Gasteiger partial charge is 0.450 e. The number of allylic oxidation sites excluding steroid dienone is 1. The van der Waals surface area contributed by atoms with E-state index in [1.807, 2.05) is 30.3 Å². The molecule has 13 heteroatoms. The van der Waals surface area contributed by atoms with Gasteiger partial charge in [0, 0.05) is 17.9 Å². The summed E-state index contributed by atoms with van der Waals surface area (Å²) in [5.41, 5.74) is -0.576. The number of carbonyl (C=O) groups excluding carboxylic acids is 4. The van der Waals surface area contributed by atoms with Gasteiger partial charge in [-0.3, -0.25) is 19.1 Å². The molecule has 3 fully saturated rings. The third-order valence-corrected chi connectivity index (χ3v) is 11.2. The Morgan fingerprint density at radius 3 is 2.63 bits per heavy atom. The third kappa shape index (κ3) is 8.84. The summed E-state index contributed by atoms with van der Waals surface area (Å²) in [4.78, 5) is 55.8. The van der Waals surface area contributed by atoms with E-state index in [-0.39, 0.29) is 26.0 Å². The molecule has 4 bridgehead atoms. The van der Waals surface area contributed by atoms with Crippen LogP contribution in [0.4, 0.5) is 4.79 Å². The number of hydrogen-bond acceptors (Lipinski definition) is 8. The van der Waals surface area contributed by atoms with Crippen LogP contribution >= 0.6 is 0 Å². The molecule has 4 aliphatic rings. The van der Waals surface area contributed by atoms with Gasteiger partial charge >= 0.3 is 6.09 Å². The van der Waals surface area contributed by atoms with Crippen LogP contribution in [0.15, 0.2) is 43.0 Å². The Labute approximate surface area is 288 Å². The van der Waals surface area contributed by atoms with Gasteiger partial charge in [-0.1, -0.05) is 51.1 Å². The molecule has 5 atom stereocenters. The lowest BCUT2D eigenvalue weighted by Crippen LogP contribution is -2.60. The van der Waals surface area contributed by atoms with Crippen LogP contribution < -0.4 is 15.4 Å². The summed E-state index contributed by atoms with van der Waals surface area (Å²) in [6.45, 7) is 9.31. The highest BCUT2D eigenvalue weighted by molar-refractivity contribution is 7.91. The van der Waals surface area contributed by atoms with Gasteiger partial charge in [-0.25, -0.2) is 13.2 Å². The molecule has 0 aromatic heterocycles. The summed E-state index contributed by atoms with van der Waals surface area (Å²) in [6.07, 6.45) is 11.4. The maximum Gasteiger partial charge on any atom is 0.407 e. The first-order valence-electron chi connectivity index (χ1n) is 16.9. The molecule has 2 saturated carbocycles. The van der Waals surface area contributed by atoms with Crippen LogP contribution in [0.25, 0.3) is 6.08 Å². The smallest absolute Gasteiger partial charge is 0.407 e.